The van der Waals surface area contributed by atoms with Crippen molar-refractivity contribution in [2.24, 2.45) is 5.73 Å². The standard InChI is InChI=1S/C13H21N5O3/c1-10(14)12-4-2-3-6-17(12)13(19)5-7-16-9-11(8-15-16)18(20)21/h8-10,12H,2-7,14H2,1H3. The third-order valence-electron chi connectivity index (χ3n) is 3.86. The van der Waals surface area contributed by atoms with E-state index in [1.165, 1.54) is 17.1 Å². The zero-order valence-corrected chi connectivity index (χ0v) is 12.1. The predicted octanol–water partition coefficient (Wildman–Crippen LogP) is 0.910. The number of nitro groups is 1. The van der Waals surface area contributed by atoms with Crippen LogP contribution in [-0.4, -0.2) is 44.1 Å². The van der Waals surface area contributed by atoms with Crippen molar-refractivity contribution in [2.45, 2.75) is 51.2 Å². The maximum atomic E-state index is 12.3. The van der Waals surface area contributed by atoms with Gasteiger partial charge in [0.25, 0.3) is 0 Å². The molecule has 2 atom stereocenters. The maximum absolute atomic E-state index is 12.3. The van der Waals surface area contributed by atoms with Crippen molar-refractivity contribution in [3.8, 4) is 0 Å². The molecule has 2 heterocycles. The normalized spacial score (nSPS) is 20.3. The van der Waals surface area contributed by atoms with Gasteiger partial charge >= 0.3 is 5.69 Å². The van der Waals surface area contributed by atoms with Gasteiger partial charge in [-0.2, -0.15) is 5.10 Å². The van der Waals surface area contributed by atoms with Crippen LogP contribution in [0.4, 0.5) is 5.69 Å². The highest BCUT2D eigenvalue weighted by atomic mass is 16.6. The molecule has 8 nitrogen and oxygen atoms in total. The summed E-state index contributed by atoms with van der Waals surface area (Å²) in [5.74, 6) is 0.0372. The first-order chi connectivity index (χ1) is 9.99. The average molecular weight is 295 g/mol. The van der Waals surface area contributed by atoms with Gasteiger partial charge in [-0.15, -0.1) is 0 Å². The lowest BCUT2D eigenvalue weighted by Crippen LogP contribution is -2.51. The zero-order chi connectivity index (χ0) is 15.4. The van der Waals surface area contributed by atoms with Gasteiger partial charge in [0.05, 0.1) is 4.92 Å². The molecule has 1 aliphatic heterocycles. The van der Waals surface area contributed by atoms with Crippen molar-refractivity contribution in [1.82, 2.24) is 14.7 Å². The molecule has 2 unspecified atom stereocenters. The Kier molecular flexibility index (Phi) is 4.89. The Balaban J connectivity index is 1.92. The van der Waals surface area contributed by atoms with E-state index in [1.807, 2.05) is 11.8 Å². The Morgan fingerprint density at radius 2 is 2.38 bits per heavy atom. The molecule has 1 fully saturated rings. The van der Waals surface area contributed by atoms with Crippen LogP contribution >= 0.6 is 0 Å². The second-order valence-corrected chi connectivity index (χ2v) is 5.48. The number of carbonyl (C=O) groups is 1. The molecule has 21 heavy (non-hydrogen) atoms. The van der Waals surface area contributed by atoms with Crippen molar-refractivity contribution in [3.05, 3.63) is 22.5 Å². The van der Waals surface area contributed by atoms with E-state index in [9.17, 15) is 14.9 Å². The number of hydrogen-bond acceptors (Lipinski definition) is 5. The first-order valence-corrected chi connectivity index (χ1v) is 7.21. The van der Waals surface area contributed by atoms with Crippen molar-refractivity contribution in [1.29, 1.82) is 0 Å². The van der Waals surface area contributed by atoms with E-state index in [1.54, 1.807) is 0 Å². The molecule has 1 aromatic rings. The summed E-state index contributed by atoms with van der Waals surface area (Å²) >= 11 is 0. The van der Waals surface area contributed by atoms with Gasteiger partial charge < -0.3 is 10.6 Å². The molecule has 2 N–H and O–H groups in total. The smallest absolute Gasteiger partial charge is 0.306 e. The fourth-order valence-electron chi connectivity index (χ4n) is 2.74. The van der Waals surface area contributed by atoms with E-state index in [0.717, 1.165) is 25.8 Å². The summed E-state index contributed by atoms with van der Waals surface area (Å²) in [6.45, 7) is 3.01. The van der Waals surface area contributed by atoms with Gasteiger partial charge in [-0.05, 0) is 26.2 Å². The number of nitrogens with zero attached hydrogens (tertiary/aromatic N) is 4. The summed E-state index contributed by atoms with van der Waals surface area (Å²) in [4.78, 5) is 24.3. The van der Waals surface area contributed by atoms with Crippen LogP contribution in [0.25, 0.3) is 0 Å². The third-order valence-corrected chi connectivity index (χ3v) is 3.86. The summed E-state index contributed by atoms with van der Waals surface area (Å²) in [6, 6.07) is 0.0539. The number of nitrogens with two attached hydrogens (primary N) is 1. The van der Waals surface area contributed by atoms with Crippen molar-refractivity contribution in [3.63, 3.8) is 0 Å². The van der Waals surface area contributed by atoms with Crippen molar-refractivity contribution < 1.29 is 9.72 Å². The Morgan fingerprint density at radius 1 is 1.62 bits per heavy atom. The molecule has 8 heteroatoms. The number of amides is 1. The number of hydrogen-bond donors (Lipinski definition) is 1. The quantitative estimate of drug-likeness (QED) is 0.641. The lowest BCUT2D eigenvalue weighted by atomic mass is 9.96. The molecule has 0 aromatic carbocycles. The number of likely N-dealkylation sites (tertiary alicyclic amines) is 1. The Labute approximate surface area is 123 Å². The average Bonchev–Trinajstić information content (AvgIpc) is 2.94. The molecule has 0 bridgehead atoms. The van der Waals surface area contributed by atoms with E-state index in [2.05, 4.69) is 5.10 Å². The molecule has 2 rings (SSSR count). The predicted molar refractivity (Wildman–Crippen MR) is 76.5 cm³/mol. The molecule has 1 aliphatic rings. The molecule has 1 aromatic heterocycles. The van der Waals surface area contributed by atoms with Gasteiger partial charge in [-0.3, -0.25) is 19.6 Å². The van der Waals surface area contributed by atoms with Gasteiger partial charge in [-0.25, -0.2) is 0 Å². The van der Waals surface area contributed by atoms with E-state index in [-0.39, 0.29) is 30.1 Å². The highest BCUT2D eigenvalue weighted by molar-refractivity contribution is 5.76. The van der Waals surface area contributed by atoms with Crippen LogP contribution in [0.15, 0.2) is 12.4 Å². The monoisotopic (exact) mass is 295 g/mol. The summed E-state index contributed by atoms with van der Waals surface area (Å²) in [6.07, 6.45) is 5.85. The van der Waals surface area contributed by atoms with Crippen LogP contribution < -0.4 is 5.73 Å². The first kappa shape index (κ1) is 15.4. The third kappa shape index (κ3) is 3.78. The minimum atomic E-state index is -0.498. The number of carbonyl (C=O) groups excluding carboxylic acids is 1. The summed E-state index contributed by atoms with van der Waals surface area (Å²) in [7, 11) is 0. The molecule has 0 saturated carbocycles. The second-order valence-electron chi connectivity index (χ2n) is 5.48. The molecular formula is C13H21N5O3. The van der Waals surface area contributed by atoms with Crippen molar-refractivity contribution in [2.75, 3.05) is 6.54 Å². The van der Waals surface area contributed by atoms with Gasteiger partial charge in [0, 0.05) is 31.6 Å². The van der Waals surface area contributed by atoms with Crippen molar-refractivity contribution >= 4 is 11.6 Å². The first-order valence-electron chi connectivity index (χ1n) is 7.21. The highest BCUT2D eigenvalue weighted by Gasteiger charge is 2.28. The number of aryl methyl sites for hydroxylation is 1. The fourth-order valence-corrected chi connectivity index (χ4v) is 2.74. The molecule has 0 spiro atoms. The van der Waals surface area contributed by atoms with E-state index in [4.69, 9.17) is 5.73 Å². The largest absolute Gasteiger partial charge is 0.338 e. The second kappa shape index (κ2) is 6.66. The van der Waals surface area contributed by atoms with Crippen LogP contribution in [0, 0.1) is 10.1 Å². The summed E-state index contributed by atoms with van der Waals surface area (Å²) in [5.41, 5.74) is 5.89. The highest BCUT2D eigenvalue weighted by Crippen LogP contribution is 2.20. The Bertz CT molecular complexity index is 514. The van der Waals surface area contributed by atoms with E-state index in [0.29, 0.717) is 6.54 Å². The summed E-state index contributed by atoms with van der Waals surface area (Å²) < 4.78 is 1.43. The van der Waals surface area contributed by atoms with E-state index >= 15 is 0 Å². The molecule has 1 amide bonds. The Morgan fingerprint density at radius 3 is 3.00 bits per heavy atom. The van der Waals surface area contributed by atoms with Crippen LogP contribution in [0.3, 0.4) is 0 Å². The summed E-state index contributed by atoms with van der Waals surface area (Å²) in [5, 5.41) is 14.5. The molecule has 0 aliphatic carbocycles. The SMILES string of the molecule is CC(N)C1CCCCN1C(=O)CCn1cc([N+](=O)[O-])cn1. The lowest BCUT2D eigenvalue weighted by Gasteiger charge is -2.38. The van der Waals surface area contributed by atoms with Crippen LogP contribution in [0.2, 0.25) is 0 Å². The van der Waals surface area contributed by atoms with Gasteiger partial charge in [-0.1, -0.05) is 0 Å². The number of aromatic nitrogens is 2. The lowest BCUT2D eigenvalue weighted by molar-refractivity contribution is -0.385. The zero-order valence-electron chi connectivity index (χ0n) is 12.1. The molecular weight excluding hydrogens is 274 g/mol. The minimum absolute atomic E-state index is 0.0372. The van der Waals surface area contributed by atoms with Crippen LogP contribution in [0.1, 0.15) is 32.6 Å². The molecule has 116 valence electrons. The fraction of sp³-hybridized carbons (Fsp3) is 0.692. The topological polar surface area (TPSA) is 107 Å². The molecule has 0 radical (unpaired) electrons. The van der Waals surface area contributed by atoms with Crippen LogP contribution in [-0.2, 0) is 11.3 Å². The Hall–Kier alpha value is -1.96. The molecule has 1 saturated heterocycles. The number of rotatable bonds is 5. The minimum Gasteiger partial charge on any atom is -0.338 e. The maximum Gasteiger partial charge on any atom is 0.306 e. The van der Waals surface area contributed by atoms with Crippen LogP contribution in [0.5, 0.6) is 0 Å². The number of piperidine rings is 1. The van der Waals surface area contributed by atoms with Gasteiger partial charge in [0.2, 0.25) is 5.91 Å². The van der Waals surface area contributed by atoms with Gasteiger partial charge in [0.1, 0.15) is 12.4 Å². The van der Waals surface area contributed by atoms with E-state index < -0.39 is 4.92 Å². The van der Waals surface area contributed by atoms with Gasteiger partial charge in [0.15, 0.2) is 0 Å².